The molecule has 174 valence electrons. The van der Waals surface area contributed by atoms with E-state index < -0.39 is 15.9 Å². The maximum Gasteiger partial charge on any atom is 0.264 e. The van der Waals surface area contributed by atoms with Crippen molar-refractivity contribution < 1.29 is 17.9 Å². The number of benzene rings is 3. The molecule has 0 aromatic heterocycles. The molecular weight excluding hydrogens is 460 g/mol. The number of nitrogens with one attached hydrogen (secondary N) is 1. The van der Waals surface area contributed by atoms with Crippen molar-refractivity contribution in [3.05, 3.63) is 88.9 Å². The predicted molar refractivity (Wildman–Crippen MR) is 131 cm³/mol. The Bertz CT molecular complexity index is 1200. The summed E-state index contributed by atoms with van der Waals surface area (Å²) < 4.78 is 33.2. The van der Waals surface area contributed by atoms with E-state index in [9.17, 15) is 13.2 Å². The number of sulfonamides is 1. The van der Waals surface area contributed by atoms with Crippen molar-refractivity contribution in [3.8, 4) is 5.75 Å². The molecule has 1 amide bonds. The van der Waals surface area contributed by atoms with Gasteiger partial charge in [0.1, 0.15) is 12.3 Å². The molecule has 0 aliphatic carbocycles. The first-order valence-corrected chi connectivity index (χ1v) is 12.4. The zero-order valence-electron chi connectivity index (χ0n) is 18.6. The minimum absolute atomic E-state index is 0.0944. The molecule has 3 aromatic carbocycles. The van der Waals surface area contributed by atoms with Crippen molar-refractivity contribution in [1.29, 1.82) is 0 Å². The van der Waals surface area contributed by atoms with Gasteiger partial charge in [0, 0.05) is 6.54 Å². The van der Waals surface area contributed by atoms with Crippen LogP contribution in [0.25, 0.3) is 0 Å². The lowest BCUT2D eigenvalue weighted by Gasteiger charge is -2.25. The van der Waals surface area contributed by atoms with Crippen molar-refractivity contribution in [3.63, 3.8) is 0 Å². The molecular formula is C25H27ClN2O4S. The molecule has 0 bridgehead atoms. The molecule has 0 unspecified atom stereocenters. The Hall–Kier alpha value is -3.03. The van der Waals surface area contributed by atoms with Crippen LogP contribution in [-0.4, -0.2) is 34.5 Å². The summed E-state index contributed by atoms with van der Waals surface area (Å²) in [5.74, 6) is 0.392. The number of para-hydroxylation sites is 2. The van der Waals surface area contributed by atoms with Gasteiger partial charge in [-0.1, -0.05) is 59.6 Å². The van der Waals surface area contributed by atoms with E-state index in [1.165, 1.54) is 12.1 Å². The lowest BCUT2D eigenvalue weighted by Crippen LogP contribution is -2.41. The summed E-state index contributed by atoms with van der Waals surface area (Å²) in [6.07, 6.45) is 1.41. The second kappa shape index (κ2) is 11.2. The SMILES string of the molecule is COc1ccccc1CCCNC(=O)CN(c1ccccc1Cl)S(=O)(=O)c1ccc(C)cc1. The molecule has 0 radical (unpaired) electrons. The molecule has 0 saturated carbocycles. The maximum absolute atomic E-state index is 13.4. The molecule has 0 saturated heterocycles. The van der Waals surface area contributed by atoms with E-state index in [0.717, 1.165) is 27.6 Å². The Kier molecular flexibility index (Phi) is 8.36. The second-order valence-electron chi connectivity index (χ2n) is 7.54. The van der Waals surface area contributed by atoms with Crippen LogP contribution in [0.2, 0.25) is 5.02 Å². The fourth-order valence-corrected chi connectivity index (χ4v) is 5.12. The van der Waals surface area contributed by atoms with Crippen LogP contribution in [-0.2, 0) is 21.2 Å². The van der Waals surface area contributed by atoms with Gasteiger partial charge in [0.2, 0.25) is 5.91 Å². The molecule has 0 aliphatic heterocycles. The minimum atomic E-state index is -4.00. The number of rotatable bonds is 10. The number of carbonyl (C=O) groups is 1. The highest BCUT2D eigenvalue weighted by Gasteiger charge is 2.28. The molecule has 3 rings (SSSR count). The lowest BCUT2D eigenvalue weighted by atomic mass is 10.1. The van der Waals surface area contributed by atoms with Crippen LogP contribution in [0.15, 0.2) is 77.7 Å². The highest BCUT2D eigenvalue weighted by Crippen LogP contribution is 2.30. The highest BCUT2D eigenvalue weighted by atomic mass is 35.5. The number of halogens is 1. The minimum Gasteiger partial charge on any atom is -0.496 e. The normalized spacial score (nSPS) is 11.1. The summed E-state index contributed by atoms with van der Waals surface area (Å²) in [6.45, 7) is 1.90. The van der Waals surface area contributed by atoms with Crippen molar-refractivity contribution in [2.24, 2.45) is 0 Å². The van der Waals surface area contributed by atoms with E-state index >= 15 is 0 Å². The number of hydrogen-bond donors (Lipinski definition) is 1. The van der Waals surface area contributed by atoms with Gasteiger partial charge < -0.3 is 10.1 Å². The van der Waals surface area contributed by atoms with Gasteiger partial charge in [-0.05, 0) is 55.7 Å². The van der Waals surface area contributed by atoms with Gasteiger partial charge in [-0.25, -0.2) is 8.42 Å². The average molecular weight is 487 g/mol. The molecule has 3 aromatic rings. The topological polar surface area (TPSA) is 75.7 Å². The van der Waals surface area contributed by atoms with Crippen LogP contribution in [0.1, 0.15) is 17.5 Å². The van der Waals surface area contributed by atoms with Crippen molar-refractivity contribution in [2.75, 3.05) is 24.5 Å². The van der Waals surface area contributed by atoms with E-state index in [1.807, 2.05) is 31.2 Å². The van der Waals surface area contributed by atoms with Crippen LogP contribution in [0, 0.1) is 6.92 Å². The van der Waals surface area contributed by atoms with Crippen LogP contribution in [0.5, 0.6) is 5.75 Å². The summed E-state index contributed by atoms with van der Waals surface area (Å²) in [6, 6.07) is 20.8. The molecule has 0 heterocycles. The molecule has 0 fully saturated rings. The Morgan fingerprint density at radius 1 is 1.00 bits per heavy atom. The maximum atomic E-state index is 13.4. The summed E-state index contributed by atoms with van der Waals surface area (Å²) in [4.78, 5) is 12.8. The highest BCUT2D eigenvalue weighted by molar-refractivity contribution is 7.92. The molecule has 0 spiro atoms. The van der Waals surface area contributed by atoms with E-state index in [2.05, 4.69) is 5.32 Å². The zero-order valence-corrected chi connectivity index (χ0v) is 20.2. The third-order valence-electron chi connectivity index (χ3n) is 5.15. The first-order chi connectivity index (χ1) is 15.8. The number of methoxy groups -OCH3 is 1. The Labute approximate surface area is 200 Å². The third kappa shape index (κ3) is 6.27. The monoisotopic (exact) mass is 486 g/mol. The standard InChI is InChI=1S/C25H27ClN2O4S/c1-19-13-15-21(16-14-19)33(30,31)28(23-11-5-4-10-22(23)26)18-25(29)27-17-7-9-20-8-3-6-12-24(20)32-2/h3-6,8,10-16H,7,9,17-18H2,1-2H3,(H,27,29). The molecule has 1 N–H and O–H groups in total. The molecule has 0 atom stereocenters. The zero-order chi connectivity index (χ0) is 23.8. The van der Waals surface area contributed by atoms with Crippen molar-refractivity contribution in [1.82, 2.24) is 5.32 Å². The Morgan fingerprint density at radius 3 is 2.36 bits per heavy atom. The summed E-state index contributed by atoms with van der Waals surface area (Å²) in [5.41, 5.74) is 2.24. The fraction of sp³-hybridized carbons (Fsp3) is 0.240. The smallest absolute Gasteiger partial charge is 0.264 e. The number of nitrogens with zero attached hydrogens (tertiary/aromatic N) is 1. The number of amides is 1. The van der Waals surface area contributed by atoms with Gasteiger partial charge in [-0.3, -0.25) is 9.10 Å². The number of hydrogen-bond acceptors (Lipinski definition) is 4. The van der Waals surface area contributed by atoms with Gasteiger partial charge in [0.15, 0.2) is 0 Å². The lowest BCUT2D eigenvalue weighted by molar-refractivity contribution is -0.119. The Balaban J connectivity index is 1.72. The van der Waals surface area contributed by atoms with Crippen molar-refractivity contribution >= 4 is 33.2 Å². The quantitative estimate of drug-likeness (QED) is 0.425. The van der Waals surface area contributed by atoms with Crippen LogP contribution < -0.4 is 14.4 Å². The molecule has 33 heavy (non-hydrogen) atoms. The Morgan fingerprint density at radius 2 is 1.67 bits per heavy atom. The predicted octanol–water partition coefficient (Wildman–Crippen LogP) is 4.60. The third-order valence-corrected chi connectivity index (χ3v) is 7.25. The van der Waals surface area contributed by atoms with Crippen LogP contribution in [0.4, 0.5) is 5.69 Å². The average Bonchev–Trinajstić information content (AvgIpc) is 2.81. The van der Waals surface area contributed by atoms with Gasteiger partial charge in [0.05, 0.1) is 22.7 Å². The number of ether oxygens (including phenoxy) is 1. The summed E-state index contributed by atoms with van der Waals surface area (Å²) >= 11 is 6.29. The van der Waals surface area contributed by atoms with Gasteiger partial charge in [-0.15, -0.1) is 0 Å². The fourth-order valence-electron chi connectivity index (χ4n) is 3.39. The van der Waals surface area contributed by atoms with E-state index in [1.54, 1.807) is 43.5 Å². The summed E-state index contributed by atoms with van der Waals surface area (Å²) in [5, 5.41) is 3.06. The van der Waals surface area contributed by atoms with Gasteiger partial charge in [0.25, 0.3) is 10.0 Å². The number of aryl methyl sites for hydroxylation is 2. The molecule has 0 aliphatic rings. The first kappa shape index (κ1) is 24.6. The van der Waals surface area contributed by atoms with Crippen LogP contribution in [0.3, 0.4) is 0 Å². The van der Waals surface area contributed by atoms with Gasteiger partial charge in [-0.2, -0.15) is 0 Å². The first-order valence-electron chi connectivity index (χ1n) is 10.6. The number of carbonyl (C=O) groups excluding carboxylic acids is 1. The molecule has 8 heteroatoms. The van der Waals surface area contributed by atoms with Crippen molar-refractivity contribution in [2.45, 2.75) is 24.7 Å². The largest absolute Gasteiger partial charge is 0.496 e. The van der Waals surface area contributed by atoms with Gasteiger partial charge >= 0.3 is 0 Å². The van der Waals surface area contributed by atoms with E-state index in [4.69, 9.17) is 16.3 Å². The van der Waals surface area contributed by atoms with E-state index in [-0.39, 0.29) is 22.2 Å². The second-order valence-corrected chi connectivity index (χ2v) is 9.81. The molecule has 6 nitrogen and oxygen atoms in total. The van der Waals surface area contributed by atoms with E-state index in [0.29, 0.717) is 13.0 Å². The summed E-state index contributed by atoms with van der Waals surface area (Å²) in [7, 11) is -2.38. The number of anilines is 1. The van der Waals surface area contributed by atoms with Crippen LogP contribution >= 0.6 is 11.6 Å².